The van der Waals surface area contributed by atoms with Gasteiger partial charge in [0.1, 0.15) is 12.4 Å². The van der Waals surface area contributed by atoms with Crippen molar-refractivity contribution in [3.63, 3.8) is 0 Å². The van der Waals surface area contributed by atoms with E-state index in [1.54, 1.807) is 12.1 Å². The molecule has 2 bridgehead atoms. The number of unbranched alkanes of at least 4 members (excludes halogenated alkanes) is 2. The number of fused-ring (bicyclic) bond motifs is 3. The van der Waals surface area contributed by atoms with Crippen molar-refractivity contribution in [3.8, 4) is 11.3 Å². The molecular formula is C26H32ClN3O4. The van der Waals surface area contributed by atoms with E-state index >= 15 is 0 Å². The Balaban J connectivity index is 1.53. The predicted octanol–water partition coefficient (Wildman–Crippen LogP) is 4.59. The lowest BCUT2D eigenvalue weighted by Gasteiger charge is -2.51. The highest BCUT2D eigenvalue weighted by molar-refractivity contribution is 6.30. The number of carboxylic acid groups (broad SMARTS) is 1. The maximum absolute atomic E-state index is 13.1. The monoisotopic (exact) mass is 485 g/mol. The van der Waals surface area contributed by atoms with Crippen LogP contribution in [0.5, 0.6) is 0 Å². The van der Waals surface area contributed by atoms with Crippen molar-refractivity contribution in [1.29, 1.82) is 0 Å². The first-order valence-electron chi connectivity index (χ1n) is 12.2. The quantitative estimate of drug-likeness (QED) is 0.506. The van der Waals surface area contributed by atoms with Gasteiger partial charge in [-0.1, -0.05) is 43.5 Å². The van der Waals surface area contributed by atoms with Crippen molar-refractivity contribution in [2.24, 2.45) is 5.41 Å². The summed E-state index contributed by atoms with van der Waals surface area (Å²) in [5, 5.41) is 13.4. The summed E-state index contributed by atoms with van der Waals surface area (Å²) in [6, 6.07) is 8.67. The van der Waals surface area contributed by atoms with Gasteiger partial charge < -0.3 is 10.4 Å². The number of aryl methyl sites for hydroxylation is 1. The summed E-state index contributed by atoms with van der Waals surface area (Å²) >= 11 is 6.00. The Morgan fingerprint density at radius 2 is 1.74 bits per heavy atom. The summed E-state index contributed by atoms with van der Waals surface area (Å²) in [5.41, 5.74) is 0.137. The van der Waals surface area contributed by atoms with Crippen LogP contribution in [0.1, 0.15) is 70.5 Å². The van der Waals surface area contributed by atoms with E-state index in [-0.39, 0.29) is 23.6 Å². The van der Waals surface area contributed by atoms with Crippen molar-refractivity contribution < 1.29 is 14.7 Å². The van der Waals surface area contributed by atoms with Gasteiger partial charge in [-0.3, -0.25) is 19.0 Å². The first-order chi connectivity index (χ1) is 16.3. The number of nitrogens with one attached hydrogen (secondary N) is 1. The Bertz CT molecular complexity index is 1100. The minimum Gasteiger partial charge on any atom is -0.481 e. The molecule has 2 aromatic rings. The Hall–Kier alpha value is -2.67. The van der Waals surface area contributed by atoms with E-state index in [0.29, 0.717) is 61.5 Å². The normalized spacial score (nSPS) is 23.6. The van der Waals surface area contributed by atoms with Crippen molar-refractivity contribution in [2.75, 3.05) is 0 Å². The molecule has 1 aromatic heterocycles. The number of carboxylic acids is 1. The fourth-order valence-corrected chi connectivity index (χ4v) is 5.51. The minimum atomic E-state index is -0.720. The van der Waals surface area contributed by atoms with Crippen LogP contribution in [0, 0.1) is 5.41 Å². The van der Waals surface area contributed by atoms with Crippen molar-refractivity contribution in [1.82, 2.24) is 14.9 Å². The second-order valence-electron chi connectivity index (χ2n) is 9.86. The van der Waals surface area contributed by atoms with Crippen LogP contribution in [0.15, 0.2) is 35.1 Å². The molecule has 0 saturated heterocycles. The molecule has 0 spiro atoms. The Morgan fingerprint density at radius 1 is 1.09 bits per heavy atom. The molecule has 182 valence electrons. The number of hydrogen-bond donors (Lipinski definition) is 2. The lowest BCUT2D eigenvalue weighted by atomic mass is 9.57. The number of amides is 1. The van der Waals surface area contributed by atoms with Crippen LogP contribution < -0.4 is 10.9 Å². The third-order valence-electron chi connectivity index (χ3n) is 7.64. The summed E-state index contributed by atoms with van der Waals surface area (Å²) in [7, 11) is 0. The number of benzene rings is 1. The van der Waals surface area contributed by atoms with Gasteiger partial charge in [0.2, 0.25) is 5.91 Å². The van der Waals surface area contributed by atoms with Crippen LogP contribution in [0.25, 0.3) is 11.3 Å². The molecule has 34 heavy (non-hydrogen) atoms. The van der Waals surface area contributed by atoms with E-state index in [9.17, 15) is 19.5 Å². The maximum atomic E-state index is 13.1. The van der Waals surface area contributed by atoms with E-state index in [4.69, 9.17) is 16.6 Å². The first kappa shape index (κ1) is 24.5. The first-order valence-corrected chi connectivity index (χ1v) is 12.5. The second-order valence-corrected chi connectivity index (χ2v) is 10.3. The predicted molar refractivity (Wildman–Crippen MR) is 131 cm³/mol. The van der Waals surface area contributed by atoms with E-state index in [2.05, 4.69) is 12.2 Å². The molecule has 0 radical (unpaired) electrons. The molecule has 0 aliphatic heterocycles. The summed E-state index contributed by atoms with van der Waals surface area (Å²) in [5.74, 6) is -0.331. The van der Waals surface area contributed by atoms with Crippen LogP contribution in [-0.4, -0.2) is 32.1 Å². The van der Waals surface area contributed by atoms with Gasteiger partial charge in [-0.05, 0) is 57.1 Å². The highest BCUT2D eigenvalue weighted by Crippen LogP contribution is 2.52. The largest absolute Gasteiger partial charge is 0.481 e. The van der Waals surface area contributed by atoms with E-state index in [1.165, 1.54) is 10.6 Å². The molecule has 3 saturated carbocycles. The van der Waals surface area contributed by atoms with Gasteiger partial charge in [0.05, 0.1) is 11.1 Å². The summed E-state index contributed by atoms with van der Waals surface area (Å²) in [6.45, 7) is 2.03. The molecule has 0 unspecified atom stereocenters. The molecule has 2 N–H and O–H groups in total. The highest BCUT2D eigenvalue weighted by atomic mass is 35.5. The zero-order valence-electron chi connectivity index (χ0n) is 19.6. The van der Waals surface area contributed by atoms with Gasteiger partial charge in [-0.25, -0.2) is 4.98 Å². The highest BCUT2D eigenvalue weighted by Gasteiger charge is 2.53. The zero-order valence-corrected chi connectivity index (χ0v) is 20.4. The van der Waals surface area contributed by atoms with E-state index in [0.717, 1.165) is 24.8 Å². The van der Waals surface area contributed by atoms with Crippen LogP contribution in [-0.2, 0) is 22.6 Å². The van der Waals surface area contributed by atoms with Crippen LogP contribution in [0.4, 0.5) is 0 Å². The summed E-state index contributed by atoms with van der Waals surface area (Å²) < 4.78 is 1.48. The van der Waals surface area contributed by atoms with Gasteiger partial charge in [-0.15, -0.1) is 0 Å². The molecule has 3 fully saturated rings. The molecular weight excluding hydrogens is 454 g/mol. The lowest BCUT2D eigenvalue weighted by molar-refractivity contribution is -0.157. The molecule has 5 rings (SSSR count). The van der Waals surface area contributed by atoms with Crippen molar-refractivity contribution in [3.05, 3.63) is 51.5 Å². The van der Waals surface area contributed by atoms with Gasteiger partial charge >= 0.3 is 5.97 Å². The number of nitrogens with zero attached hydrogens (tertiary/aromatic N) is 2. The maximum Gasteiger partial charge on any atom is 0.309 e. The zero-order chi connectivity index (χ0) is 24.3. The SMILES string of the molecule is CCCCCc1nc(-c2ccc(Cl)cc2)cc(=O)n1CC(=O)NC12CCC(C(=O)O)(CC1)CC2. The number of aromatic nitrogens is 2. The smallest absolute Gasteiger partial charge is 0.309 e. The number of rotatable bonds is 9. The number of aliphatic carboxylic acids is 1. The van der Waals surface area contributed by atoms with Gasteiger partial charge in [0.15, 0.2) is 0 Å². The molecule has 8 heteroatoms. The summed E-state index contributed by atoms with van der Waals surface area (Å²) in [4.78, 5) is 42.6. The number of carbonyl (C=O) groups excluding carboxylic acids is 1. The summed E-state index contributed by atoms with van der Waals surface area (Å²) in [6.07, 6.45) is 7.31. The standard InChI is InChI=1S/C26H32ClN3O4/c1-2-3-4-5-21-28-20(18-6-8-19(27)9-7-18)16-23(32)30(21)17-22(31)29-26-13-10-25(11-14-26,12-15-26)24(33)34/h6-9,16H,2-5,10-15,17H2,1H3,(H,29,31)(H,33,34). The van der Waals surface area contributed by atoms with E-state index < -0.39 is 11.4 Å². The van der Waals surface area contributed by atoms with E-state index in [1.807, 2.05) is 12.1 Å². The average molecular weight is 486 g/mol. The molecule has 3 aliphatic rings. The van der Waals surface area contributed by atoms with Gasteiger partial charge in [0, 0.05) is 28.6 Å². The van der Waals surface area contributed by atoms with Gasteiger partial charge in [0.25, 0.3) is 5.56 Å². The third-order valence-corrected chi connectivity index (χ3v) is 7.89. The molecule has 1 aromatic carbocycles. The molecule has 1 amide bonds. The molecule has 1 heterocycles. The topological polar surface area (TPSA) is 101 Å². The molecule has 0 atom stereocenters. The van der Waals surface area contributed by atoms with Gasteiger partial charge in [-0.2, -0.15) is 0 Å². The second kappa shape index (κ2) is 9.90. The Kier molecular flexibility index (Phi) is 7.12. The number of hydrogen-bond acceptors (Lipinski definition) is 4. The molecule has 7 nitrogen and oxygen atoms in total. The third kappa shape index (κ3) is 5.04. The Labute approximate surface area is 204 Å². The fraction of sp³-hybridized carbons (Fsp3) is 0.538. The lowest BCUT2D eigenvalue weighted by Crippen LogP contribution is -2.58. The fourth-order valence-electron chi connectivity index (χ4n) is 5.39. The Morgan fingerprint density at radius 3 is 2.32 bits per heavy atom. The van der Waals surface area contributed by atoms with Crippen LogP contribution in [0.2, 0.25) is 5.02 Å². The number of halogens is 1. The molecule has 3 aliphatic carbocycles. The van der Waals surface area contributed by atoms with Crippen LogP contribution >= 0.6 is 11.6 Å². The van der Waals surface area contributed by atoms with Crippen molar-refractivity contribution in [2.45, 2.75) is 83.2 Å². The number of carbonyl (C=O) groups is 2. The minimum absolute atomic E-state index is 0.0833. The van der Waals surface area contributed by atoms with Crippen molar-refractivity contribution >= 4 is 23.5 Å². The van der Waals surface area contributed by atoms with Crippen LogP contribution in [0.3, 0.4) is 0 Å². The average Bonchev–Trinajstić information content (AvgIpc) is 2.82.